The Balaban J connectivity index is 1.03. The van der Waals surface area contributed by atoms with Crippen molar-refractivity contribution < 1.29 is 4.42 Å². The Labute approximate surface area is 363 Å². The number of nitrogens with zero attached hydrogens (tertiary/aromatic N) is 3. The molecule has 0 atom stereocenters. The second-order valence-corrected chi connectivity index (χ2v) is 22.3. The number of aromatic nitrogens is 3. The average Bonchev–Trinajstić information content (AvgIpc) is 3.92. The topological polar surface area (TPSA) is 51.8 Å². The monoisotopic (exact) mass is 813 g/mol. The highest BCUT2D eigenvalue weighted by Crippen LogP contribution is 2.56. The maximum atomic E-state index is 5.59. The standard InChI is InChI=1S/C57H43N3OSi/c1-62(2,3)48-29-25-40(26-30-48)55-58-54(39-23-21-38(22-24-39)42-28-32-53-44(35-42)33-34-61-53)59-56(60-55)45-14-12-13-41(36-45)43-27-31-50-49-19-10-11-20-51(49)57(52(50)37-43,46-15-6-4-7-16-46)47-17-8-5-9-18-47/h4-37H,1-3H3. The minimum absolute atomic E-state index is 0.480. The molecular formula is C57H43N3OSi. The Morgan fingerprint density at radius 1 is 0.387 bits per heavy atom. The minimum Gasteiger partial charge on any atom is -0.464 e. The van der Waals surface area contributed by atoms with Crippen LogP contribution in [0.3, 0.4) is 0 Å². The Hall–Kier alpha value is -7.47. The molecule has 0 saturated heterocycles. The van der Waals surface area contributed by atoms with Crippen molar-refractivity contribution in [3.05, 3.63) is 229 Å². The third-order valence-corrected chi connectivity index (χ3v) is 14.6. The van der Waals surface area contributed by atoms with E-state index in [0.717, 1.165) is 49.9 Å². The lowest BCUT2D eigenvalue weighted by molar-refractivity contribution is 0.616. The fraction of sp³-hybridized carbons (Fsp3) is 0.0702. The molecule has 8 aromatic carbocycles. The molecule has 11 rings (SSSR count). The first-order chi connectivity index (χ1) is 30.3. The van der Waals surface area contributed by atoms with Crippen LogP contribution in [0.4, 0.5) is 0 Å². The predicted octanol–water partition coefficient (Wildman–Crippen LogP) is 13.9. The fourth-order valence-corrected chi connectivity index (χ4v) is 10.5. The summed E-state index contributed by atoms with van der Waals surface area (Å²) in [5.74, 6) is 1.91. The maximum Gasteiger partial charge on any atom is 0.164 e. The van der Waals surface area contributed by atoms with Gasteiger partial charge in [-0.25, -0.2) is 15.0 Å². The van der Waals surface area contributed by atoms with E-state index in [2.05, 4.69) is 208 Å². The van der Waals surface area contributed by atoms with Gasteiger partial charge in [0, 0.05) is 22.1 Å². The van der Waals surface area contributed by atoms with Gasteiger partial charge < -0.3 is 4.42 Å². The van der Waals surface area contributed by atoms with Gasteiger partial charge in [0.15, 0.2) is 17.5 Å². The van der Waals surface area contributed by atoms with Gasteiger partial charge in [-0.15, -0.1) is 0 Å². The molecule has 0 N–H and O–H groups in total. The largest absolute Gasteiger partial charge is 0.464 e. The van der Waals surface area contributed by atoms with E-state index in [4.69, 9.17) is 19.4 Å². The average molecular weight is 814 g/mol. The van der Waals surface area contributed by atoms with Crippen molar-refractivity contribution in [3.63, 3.8) is 0 Å². The quantitative estimate of drug-likeness (QED) is 0.143. The molecule has 0 bridgehead atoms. The summed E-state index contributed by atoms with van der Waals surface area (Å²) in [4.78, 5) is 15.5. The lowest BCUT2D eigenvalue weighted by Crippen LogP contribution is -2.37. The smallest absolute Gasteiger partial charge is 0.164 e. The Morgan fingerprint density at radius 3 is 1.58 bits per heavy atom. The molecule has 5 heteroatoms. The molecule has 0 unspecified atom stereocenters. The summed E-state index contributed by atoms with van der Waals surface area (Å²) in [6, 6.07) is 72.0. The van der Waals surface area contributed by atoms with E-state index >= 15 is 0 Å². The van der Waals surface area contributed by atoms with Crippen molar-refractivity contribution in [1.82, 2.24) is 15.0 Å². The molecule has 0 amide bonds. The summed E-state index contributed by atoms with van der Waals surface area (Å²) in [6.07, 6.45) is 1.73. The minimum atomic E-state index is -1.50. The molecule has 2 heterocycles. The van der Waals surface area contributed by atoms with Crippen molar-refractivity contribution in [3.8, 4) is 67.5 Å². The molecular weight excluding hydrogens is 771 g/mol. The van der Waals surface area contributed by atoms with E-state index < -0.39 is 13.5 Å². The number of furan rings is 1. The molecule has 0 spiro atoms. The Bertz CT molecular complexity index is 3220. The number of benzene rings is 8. The van der Waals surface area contributed by atoms with Crippen LogP contribution in [-0.2, 0) is 5.41 Å². The van der Waals surface area contributed by atoms with Gasteiger partial charge in [0.1, 0.15) is 5.58 Å². The van der Waals surface area contributed by atoms with Crippen molar-refractivity contribution in [2.45, 2.75) is 25.1 Å². The number of rotatable bonds is 8. The third kappa shape index (κ3) is 6.41. The van der Waals surface area contributed by atoms with E-state index in [1.807, 2.05) is 12.1 Å². The van der Waals surface area contributed by atoms with Crippen LogP contribution in [0.15, 0.2) is 211 Å². The van der Waals surface area contributed by atoms with Gasteiger partial charge in [-0.2, -0.15) is 0 Å². The van der Waals surface area contributed by atoms with Crippen LogP contribution in [0.25, 0.3) is 78.5 Å². The van der Waals surface area contributed by atoms with E-state index in [-0.39, 0.29) is 0 Å². The van der Waals surface area contributed by atoms with Gasteiger partial charge in [-0.1, -0.05) is 195 Å². The molecule has 4 nitrogen and oxygen atoms in total. The van der Waals surface area contributed by atoms with Gasteiger partial charge >= 0.3 is 0 Å². The van der Waals surface area contributed by atoms with Crippen LogP contribution >= 0.6 is 0 Å². The van der Waals surface area contributed by atoms with Gasteiger partial charge in [-0.3, -0.25) is 0 Å². The van der Waals surface area contributed by atoms with Gasteiger partial charge in [0.2, 0.25) is 0 Å². The molecule has 0 fully saturated rings. The molecule has 1 aliphatic rings. The van der Waals surface area contributed by atoms with E-state index in [0.29, 0.717) is 17.5 Å². The molecule has 1 aliphatic carbocycles. The number of fused-ring (bicyclic) bond motifs is 4. The summed E-state index contributed by atoms with van der Waals surface area (Å²) in [6.45, 7) is 7.11. The fourth-order valence-electron chi connectivity index (χ4n) is 9.30. The summed E-state index contributed by atoms with van der Waals surface area (Å²) in [7, 11) is -1.50. The summed E-state index contributed by atoms with van der Waals surface area (Å²) < 4.78 is 5.59. The first-order valence-electron chi connectivity index (χ1n) is 21.2. The maximum absolute atomic E-state index is 5.59. The first-order valence-corrected chi connectivity index (χ1v) is 24.7. The number of hydrogen-bond donors (Lipinski definition) is 0. The lowest BCUT2D eigenvalue weighted by atomic mass is 9.67. The molecule has 62 heavy (non-hydrogen) atoms. The highest BCUT2D eigenvalue weighted by Gasteiger charge is 2.46. The normalized spacial score (nSPS) is 12.9. The van der Waals surface area contributed by atoms with Crippen molar-refractivity contribution in [2.24, 2.45) is 0 Å². The molecule has 0 radical (unpaired) electrons. The van der Waals surface area contributed by atoms with Gasteiger partial charge in [0.25, 0.3) is 0 Å². The lowest BCUT2D eigenvalue weighted by Gasteiger charge is -2.34. The summed E-state index contributed by atoms with van der Waals surface area (Å²) in [5.41, 5.74) is 15.3. The highest BCUT2D eigenvalue weighted by molar-refractivity contribution is 6.88. The zero-order valence-corrected chi connectivity index (χ0v) is 35.9. The van der Waals surface area contributed by atoms with Crippen molar-refractivity contribution in [1.29, 1.82) is 0 Å². The molecule has 296 valence electrons. The Morgan fingerprint density at radius 2 is 0.903 bits per heavy atom. The SMILES string of the molecule is C[Si](C)(C)c1ccc(-c2nc(-c3ccc(-c4ccc5occc5c4)cc3)nc(-c3cccc(-c4ccc5c(c4)C(c4ccccc4)(c4ccccc4)c4ccccc4-5)c3)n2)cc1. The van der Waals surface area contributed by atoms with Crippen molar-refractivity contribution >= 4 is 24.2 Å². The van der Waals surface area contributed by atoms with Crippen LogP contribution in [-0.4, -0.2) is 23.0 Å². The molecule has 10 aromatic rings. The van der Waals surface area contributed by atoms with Crippen LogP contribution in [0.1, 0.15) is 22.3 Å². The van der Waals surface area contributed by atoms with Crippen LogP contribution in [0, 0.1) is 0 Å². The van der Waals surface area contributed by atoms with Gasteiger partial charge in [-0.05, 0) is 86.0 Å². The highest BCUT2D eigenvalue weighted by atomic mass is 28.3. The predicted molar refractivity (Wildman–Crippen MR) is 257 cm³/mol. The van der Waals surface area contributed by atoms with Crippen molar-refractivity contribution in [2.75, 3.05) is 0 Å². The zero-order chi connectivity index (χ0) is 41.8. The van der Waals surface area contributed by atoms with Crippen LogP contribution in [0.5, 0.6) is 0 Å². The zero-order valence-electron chi connectivity index (χ0n) is 34.9. The first kappa shape index (κ1) is 37.5. The second-order valence-electron chi connectivity index (χ2n) is 17.3. The van der Waals surface area contributed by atoms with Crippen LogP contribution < -0.4 is 5.19 Å². The summed E-state index contributed by atoms with van der Waals surface area (Å²) >= 11 is 0. The van der Waals surface area contributed by atoms with E-state index in [1.165, 1.54) is 38.6 Å². The van der Waals surface area contributed by atoms with Gasteiger partial charge in [0.05, 0.1) is 19.8 Å². The second kappa shape index (κ2) is 14.9. The molecule has 2 aromatic heterocycles. The van der Waals surface area contributed by atoms with E-state index in [9.17, 15) is 0 Å². The van der Waals surface area contributed by atoms with Crippen LogP contribution in [0.2, 0.25) is 19.6 Å². The molecule has 0 aliphatic heterocycles. The molecule has 0 saturated carbocycles. The number of hydrogen-bond acceptors (Lipinski definition) is 4. The third-order valence-electron chi connectivity index (χ3n) is 12.5. The Kier molecular flexibility index (Phi) is 9.02. The summed E-state index contributed by atoms with van der Waals surface area (Å²) in [5, 5.41) is 2.48. The van der Waals surface area contributed by atoms with E-state index in [1.54, 1.807) is 6.26 Å².